The van der Waals surface area contributed by atoms with E-state index in [0.717, 1.165) is 5.33 Å². The Hall–Kier alpha value is -0.370. The van der Waals surface area contributed by atoms with Gasteiger partial charge >= 0.3 is 0 Å². The van der Waals surface area contributed by atoms with Crippen LogP contribution >= 0.6 is 15.9 Å². The van der Waals surface area contributed by atoms with E-state index >= 15 is 0 Å². The van der Waals surface area contributed by atoms with Crippen molar-refractivity contribution in [3.8, 4) is 0 Å². The van der Waals surface area contributed by atoms with Crippen molar-refractivity contribution in [3.63, 3.8) is 0 Å². The van der Waals surface area contributed by atoms with Crippen molar-refractivity contribution in [2.45, 2.75) is 5.33 Å². The van der Waals surface area contributed by atoms with Crippen molar-refractivity contribution >= 4 is 15.9 Å². The van der Waals surface area contributed by atoms with E-state index in [1.54, 1.807) is 0 Å². The van der Waals surface area contributed by atoms with E-state index in [2.05, 4.69) is 28.1 Å². The summed E-state index contributed by atoms with van der Waals surface area (Å²) in [5, 5.41) is 0.952. The van der Waals surface area contributed by atoms with Gasteiger partial charge in [-0.1, -0.05) is 46.3 Å². The highest BCUT2D eigenvalue weighted by molar-refractivity contribution is 9.08. The van der Waals surface area contributed by atoms with Gasteiger partial charge in [-0.25, -0.2) is 0 Å². The first-order valence-electron chi connectivity index (χ1n) is 2.91. The van der Waals surface area contributed by atoms with Crippen molar-refractivity contribution in [1.29, 1.82) is 0 Å². The van der Waals surface area contributed by atoms with Crippen LogP contribution in [0.5, 0.6) is 0 Å². The Morgan fingerprint density at radius 1 is 1.20 bits per heavy atom. The minimum atomic E-state index is 0.500. The fourth-order valence-electron chi connectivity index (χ4n) is 0.567. The molecule has 1 aromatic rings. The highest BCUT2D eigenvalue weighted by Crippen LogP contribution is 2.02. The highest BCUT2D eigenvalue weighted by Gasteiger charge is 1.81. The predicted molar refractivity (Wildman–Crippen MR) is 46.1 cm³/mol. The maximum atomic E-state index is 9.50. The summed E-state index contributed by atoms with van der Waals surface area (Å²) < 4.78 is 9.50. The molecule has 10 heavy (non-hydrogen) atoms. The van der Waals surface area contributed by atoms with E-state index in [9.17, 15) is 4.39 Å². The smallest absolute Gasteiger partial charge is 0.0785 e. The minimum Gasteiger partial charge on any atom is -0.255 e. The molecule has 0 nitrogen and oxygen atoms in total. The van der Waals surface area contributed by atoms with Crippen molar-refractivity contribution in [2.24, 2.45) is 0 Å². The van der Waals surface area contributed by atoms with E-state index in [-0.39, 0.29) is 0 Å². The number of alkyl halides is 2. The van der Waals surface area contributed by atoms with Crippen LogP contribution in [0.25, 0.3) is 0 Å². The highest BCUT2D eigenvalue weighted by atomic mass is 79.9. The summed E-state index contributed by atoms with van der Waals surface area (Å²) >= 11 is 3.36. The van der Waals surface area contributed by atoms with E-state index < -0.39 is 0 Å². The second-order valence-electron chi connectivity index (χ2n) is 1.62. The molecule has 0 aromatic heterocycles. The Morgan fingerprint density at radius 2 is 1.70 bits per heavy atom. The van der Waals surface area contributed by atoms with Gasteiger partial charge in [0.15, 0.2) is 0 Å². The molecular formula is C8H10BrF. The summed E-state index contributed by atoms with van der Waals surface area (Å²) in [6.07, 6.45) is 0. The number of benzene rings is 1. The molecule has 0 saturated heterocycles. The van der Waals surface area contributed by atoms with Crippen molar-refractivity contribution in [2.75, 3.05) is 7.18 Å². The standard InChI is InChI=1S/C7H7Br.CH3F/c8-6-7-4-2-1-3-5-7;1-2/h1-5H,6H2;1H3. The third kappa shape index (κ3) is 3.62. The van der Waals surface area contributed by atoms with Crippen LogP contribution in [0.1, 0.15) is 5.56 Å². The number of rotatable bonds is 1. The first kappa shape index (κ1) is 9.63. The van der Waals surface area contributed by atoms with Crippen molar-refractivity contribution in [3.05, 3.63) is 35.9 Å². The number of halogens is 2. The van der Waals surface area contributed by atoms with Crippen LogP contribution in [0.4, 0.5) is 4.39 Å². The zero-order valence-electron chi connectivity index (χ0n) is 5.85. The third-order valence-electron chi connectivity index (χ3n) is 0.997. The van der Waals surface area contributed by atoms with Gasteiger partial charge in [-0.2, -0.15) is 0 Å². The summed E-state index contributed by atoms with van der Waals surface area (Å²) in [4.78, 5) is 0. The average molecular weight is 205 g/mol. The first-order chi connectivity index (χ1) is 4.93. The van der Waals surface area contributed by atoms with Gasteiger partial charge in [0.2, 0.25) is 0 Å². The predicted octanol–water partition coefficient (Wildman–Crippen LogP) is 3.17. The van der Waals surface area contributed by atoms with Crippen LogP contribution in [0.15, 0.2) is 30.3 Å². The molecule has 0 atom stereocenters. The lowest BCUT2D eigenvalue weighted by Crippen LogP contribution is -1.70. The van der Waals surface area contributed by atoms with E-state index in [1.165, 1.54) is 5.56 Å². The molecule has 0 N–H and O–H groups in total. The first-order valence-corrected chi connectivity index (χ1v) is 4.03. The van der Waals surface area contributed by atoms with Crippen LogP contribution in [0, 0.1) is 0 Å². The second kappa shape index (κ2) is 6.75. The number of hydrogen-bond donors (Lipinski definition) is 0. The topological polar surface area (TPSA) is 0 Å². The fourth-order valence-corrected chi connectivity index (χ4v) is 0.941. The van der Waals surface area contributed by atoms with Crippen LogP contribution in [0.3, 0.4) is 0 Å². The summed E-state index contributed by atoms with van der Waals surface area (Å²) in [5.74, 6) is 0. The van der Waals surface area contributed by atoms with Gasteiger partial charge in [-0.3, -0.25) is 4.39 Å². The Balaban J connectivity index is 0.000000371. The lowest BCUT2D eigenvalue weighted by atomic mass is 10.2. The van der Waals surface area contributed by atoms with Crippen molar-refractivity contribution < 1.29 is 4.39 Å². The monoisotopic (exact) mass is 204 g/mol. The maximum Gasteiger partial charge on any atom is 0.0785 e. The Labute approximate surface area is 69.2 Å². The molecule has 1 aromatic carbocycles. The van der Waals surface area contributed by atoms with Crippen LogP contribution in [-0.4, -0.2) is 7.18 Å². The number of hydrogen-bond acceptors (Lipinski definition) is 0. The summed E-state index contributed by atoms with van der Waals surface area (Å²) in [5.41, 5.74) is 1.33. The Morgan fingerprint density at radius 3 is 2.00 bits per heavy atom. The molecule has 0 heterocycles. The van der Waals surface area contributed by atoms with Crippen molar-refractivity contribution in [1.82, 2.24) is 0 Å². The van der Waals surface area contributed by atoms with Gasteiger partial charge in [0.05, 0.1) is 7.18 Å². The van der Waals surface area contributed by atoms with E-state index in [1.807, 2.05) is 18.2 Å². The van der Waals surface area contributed by atoms with Crippen LogP contribution < -0.4 is 0 Å². The van der Waals surface area contributed by atoms with Gasteiger partial charge in [0.1, 0.15) is 0 Å². The second-order valence-corrected chi connectivity index (χ2v) is 2.18. The molecule has 2 heteroatoms. The lowest BCUT2D eigenvalue weighted by Gasteiger charge is -1.88. The lowest BCUT2D eigenvalue weighted by molar-refractivity contribution is 0.636. The molecule has 0 aliphatic heterocycles. The molecule has 0 saturated carbocycles. The molecule has 0 fully saturated rings. The Kier molecular flexibility index (Phi) is 6.50. The normalized spacial score (nSPS) is 7.90. The third-order valence-corrected chi connectivity index (χ3v) is 1.64. The molecule has 0 unspecified atom stereocenters. The molecule has 0 aliphatic rings. The largest absolute Gasteiger partial charge is 0.255 e. The molecule has 0 aliphatic carbocycles. The Bertz CT molecular complexity index is 151. The molecule has 56 valence electrons. The van der Waals surface area contributed by atoms with Gasteiger partial charge in [-0.05, 0) is 5.56 Å². The van der Waals surface area contributed by atoms with Gasteiger partial charge in [0, 0.05) is 5.33 Å². The molecule has 0 radical (unpaired) electrons. The van der Waals surface area contributed by atoms with Gasteiger partial charge in [-0.15, -0.1) is 0 Å². The zero-order valence-corrected chi connectivity index (χ0v) is 7.44. The SMILES string of the molecule is BrCc1ccccc1.CF. The molecule has 0 spiro atoms. The van der Waals surface area contributed by atoms with Crippen LogP contribution in [-0.2, 0) is 5.33 Å². The fraction of sp³-hybridized carbons (Fsp3) is 0.250. The van der Waals surface area contributed by atoms with Crippen LogP contribution in [0.2, 0.25) is 0 Å². The van der Waals surface area contributed by atoms with E-state index in [0.29, 0.717) is 7.18 Å². The molecule has 1 rings (SSSR count). The summed E-state index contributed by atoms with van der Waals surface area (Å²) in [6, 6.07) is 10.3. The minimum absolute atomic E-state index is 0.500. The molecule has 0 bridgehead atoms. The molecule has 0 amide bonds. The quantitative estimate of drug-likeness (QED) is 0.617. The van der Waals surface area contributed by atoms with Gasteiger partial charge < -0.3 is 0 Å². The summed E-state index contributed by atoms with van der Waals surface area (Å²) in [6.45, 7) is 0. The molecular weight excluding hydrogens is 195 g/mol. The maximum absolute atomic E-state index is 9.50. The zero-order chi connectivity index (χ0) is 7.82. The summed E-state index contributed by atoms with van der Waals surface area (Å²) in [7, 11) is 0.500. The average Bonchev–Trinajstić information content (AvgIpc) is 2.10. The van der Waals surface area contributed by atoms with Gasteiger partial charge in [0.25, 0.3) is 0 Å². The van der Waals surface area contributed by atoms with E-state index in [4.69, 9.17) is 0 Å².